The largest absolute Gasteiger partial charge is 0.356 e. The monoisotopic (exact) mass is 199 g/mol. The fraction of sp³-hybridized carbons (Fsp3) is 0.917. The van der Waals surface area contributed by atoms with Crippen molar-refractivity contribution in [3.8, 4) is 0 Å². The van der Waals surface area contributed by atoms with Crippen LogP contribution in [0.1, 0.15) is 48.0 Å². The molecular weight excluding hydrogens is 174 g/mol. The first kappa shape index (κ1) is 13.5. The topological polar surface area (TPSA) is 29.1 Å². The van der Waals surface area contributed by atoms with Crippen LogP contribution in [0.15, 0.2) is 0 Å². The lowest BCUT2D eigenvalue weighted by Gasteiger charge is -2.29. The van der Waals surface area contributed by atoms with Crippen molar-refractivity contribution in [3.63, 3.8) is 0 Å². The van der Waals surface area contributed by atoms with Crippen LogP contribution in [-0.4, -0.2) is 12.5 Å². The van der Waals surface area contributed by atoms with Gasteiger partial charge in [-0.2, -0.15) is 0 Å². The Hall–Kier alpha value is -0.530. The molecule has 84 valence electrons. The number of carbonyl (C=O) groups is 1. The zero-order valence-corrected chi connectivity index (χ0v) is 10.5. The quantitative estimate of drug-likeness (QED) is 0.725. The molecule has 0 atom stereocenters. The number of carbonyl (C=O) groups excluding carboxylic acids is 1. The second-order valence-electron chi connectivity index (χ2n) is 5.34. The molecule has 1 N–H and O–H groups in total. The maximum absolute atomic E-state index is 11.3. The predicted octanol–water partition coefficient (Wildman–Crippen LogP) is 2.83. The first-order chi connectivity index (χ1) is 6.27. The van der Waals surface area contributed by atoms with E-state index in [2.05, 4.69) is 33.0 Å². The maximum atomic E-state index is 11.3. The van der Waals surface area contributed by atoms with Crippen molar-refractivity contribution in [2.45, 2.75) is 48.0 Å². The molecule has 0 aliphatic heterocycles. The molecule has 0 spiro atoms. The Bertz CT molecular complexity index is 183. The van der Waals surface area contributed by atoms with Crippen LogP contribution in [0.5, 0.6) is 0 Å². The lowest BCUT2D eigenvalue weighted by Crippen LogP contribution is -2.32. The van der Waals surface area contributed by atoms with Crippen LogP contribution in [0.25, 0.3) is 0 Å². The van der Waals surface area contributed by atoms with Gasteiger partial charge in [0.15, 0.2) is 0 Å². The average Bonchev–Trinajstić information content (AvgIpc) is 2.03. The average molecular weight is 199 g/mol. The number of hydrogen-bond donors (Lipinski definition) is 1. The van der Waals surface area contributed by atoms with Crippen molar-refractivity contribution >= 4 is 5.91 Å². The molecule has 0 aromatic carbocycles. The van der Waals surface area contributed by atoms with Crippen molar-refractivity contribution < 1.29 is 4.79 Å². The summed E-state index contributed by atoms with van der Waals surface area (Å²) in [5.74, 6) is 0.903. The van der Waals surface area contributed by atoms with Crippen molar-refractivity contribution in [1.29, 1.82) is 0 Å². The summed E-state index contributed by atoms with van der Waals surface area (Å²) in [5.41, 5.74) is 0.310. The van der Waals surface area contributed by atoms with Crippen molar-refractivity contribution in [2.75, 3.05) is 6.54 Å². The summed E-state index contributed by atoms with van der Waals surface area (Å²) >= 11 is 0. The highest BCUT2D eigenvalue weighted by molar-refractivity contribution is 5.77. The van der Waals surface area contributed by atoms with Gasteiger partial charge in [0.25, 0.3) is 0 Å². The molecule has 2 heteroatoms. The molecule has 0 rings (SSSR count). The molecule has 0 fully saturated rings. The Morgan fingerprint density at radius 2 is 1.71 bits per heavy atom. The molecule has 0 saturated carbocycles. The van der Waals surface area contributed by atoms with Crippen LogP contribution in [0.2, 0.25) is 0 Å². The molecule has 0 aliphatic carbocycles. The molecule has 14 heavy (non-hydrogen) atoms. The summed E-state index contributed by atoms with van der Waals surface area (Å²) in [5, 5.41) is 2.95. The molecule has 0 heterocycles. The molecule has 0 bridgehead atoms. The first-order valence-electron chi connectivity index (χ1n) is 5.55. The Morgan fingerprint density at radius 3 is 2.07 bits per heavy atom. The van der Waals surface area contributed by atoms with E-state index in [0.717, 1.165) is 13.0 Å². The van der Waals surface area contributed by atoms with Crippen LogP contribution in [-0.2, 0) is 4.79 Å². The molecule has 0 radical (unpaired) electrons. The van der Waals surface area contributed by atoms with Crippen LogP contribution >= 0.6 is 0 Å². The number of hydrogen-bond acceptors (Lipinski definition) is 1. The van der Waals surface area contributed by atoms with Gasteiger partial charge in [0, 0.05) is 12.5 Å². The molecule has 0 aliphatic rings. The van der Waals surface area contributed by atoms with Gasteiger partial charge < -0.3 is 5.32 Å². The van der Waals surface area contributed by atoms with Gasteiger partial charge in [0.2, 0.25) is 5.91 Å². The molecule has 1 amide bonds. The summed E-state index contributed by atoms with van der Waals surface area (Å²) in [6.45, 7) is 13.6. The van der Waals surface area contributed by atoms with E-state index < -0.39 is 0 Å². The van der Waals surface area contributed by atoms with E-state index in [9.17, 15) is 4.79 Å². The van der Waals surface area contributed by atoms with Gasteiger partial charge in [-0.15, -0.1) is 0 Å². The number of amides is 1. The third kappa shape index (κ3) is 4.64. The Morgan fingerprint density at radius 1 is 1.21 bits per heavy atom. The van der Waals surface area contributed by atoms with Crippen molar-refractivity contribution in [2.24, 2.45) is 17.3 Å². The summed E-state index contributed by atoms with van der Waals surface area (Å²) in [7, 11) is 0. The van der Waals surface area contributed by atoms with Crippen molar-refractivity contribution in [3.05, 3.63) is 0 Å². The fourth-order valence-electron chi connectivity index (χ4n) is 1.00. The second-order valence-corrected chi connectivity index (χ2v) is 5.34. The fourth-order valence-corrected chi connectivity index (χ4v) is 1.00. The Kier molecular flexibility index (Phi) is 5.17. The summed E-state index contributed by atoms with van der Waals surface area (Å²) in [6, 6.07) is 0. The van der Waals surface area contributed by atoms with E-state index in [1.165, 1.54) is 0 Å². The Labute approximate surface area is 88.5 Å². The summed E-state index contributed by atoms with van der Waals surface area (Å²) < 4.78 is 0. The highest BCUT2D eigenvalue weighted by Gasteiger charge is 2.21. The van der Waals surface area contributed by atoms with Crippen LogP contribution in [0, 0.1) is 17.3 Å². The van der Waals surface area contributed by atoms with Crippen LogP contribution in [0.4, 0.5) is 0 Å². The number of rotatable bonds is 5. The lowest BCUT2D eigenvalue weighted by molar-refractivity contribution is -0.124. The maximum Gasteiger partial charge on any atom is 0.222 e. The van der Waals surface area contributed by atoms with Gasteiger partial charge in [-0.3, -0.25) is 4.79 Å². The zero-order valence-electron chi connectivity index (χ0n) is 10.5. The minimum absolute atomic E-state index is 0.0946. The van der Waals surface area contributed by atoms with Gasteiger partial charge in [0.1, 0.15) is 0 Å². The van der Waals surface area contributed by atoms with Crippen molar-refractivity contribution in [1.82, 2.24) is 5.32 Å². The minimum Gasteiger partial charge on any atom is -0.356 e. The minimum atomic E-state index is 0.0946. The molecule has 0 saturated heterocycles. The van der Waals surface area contributed by atoms with Crippen LogP contribution < -0.4 is 5.32 Å². The number of nitrogens with one attached hydrogen (secondary N) is 1. The zero-order chi connectivity index (χ0) is 11.4. The van der Waals surface area contributed by atoms with Crippen LogP contribution in [0.3, 0.4) is 0 Å². The third-order valence-electron chi connectivity index (χ3n) is 3.16. The standard InChI is InChI=1S/C12H25NO/c1-9(2)11(14)13-8-7-12(5,6)10(3)4/h9-10H,7-8H2,1-6H3,(H,13,14). The van der Waals surface area contributed by atoms with E-state index in [-0.39, 0.29) is 11.8 Å². The Balaban J connectivity index is 3.80. The molecular formula is C12H25NO. The van der Waals surface area contributed by atoms with E-state index in [0.29, 0.717) is 11.3 Å². The van der Waals surface area contributed by atoms with Gasteiger partial charge in [-0.05, 0) is 17.8 Å². The normalized spacial score (nSPS) is 12.3. The smallest absolute Gasteiger partial charge is 0.222 e. The third-order valence-corrected chi connectivity index (χ3v) is 3.16. The first-order valence-corrected chi connectivity index (χ1v) is 5.55. The van der Waals surface area contributed by atoms with Gasteiger partial charge >= 0.3 is 0 Å². The summed E-state index contributed by atoms with van der Waals surface area (Å²) in [6.07, 6.45) is 1.04. The summed E-state index contributed by atoms with van der Waals surface area (Å²) in [4.78, 5) is 11.3. The molecule has 2 nitrogen and oxygen atoms in total. The van der Waals surface area contributed by atoms with E-state index >= 15 is 0 Å². The van der Waals surface area contributed by atoms with E-state index in [1.807, 2.05) is 13.8 Å². The highest BCUT2D eigenvalue weighted by Crippen LogP contribution is 2.29. The van der Waals surface area contributed by atoms with Gasteiger partial charge in [0.05, 0.1) is 0 Å². The van der Waals surface area contributed by atoms with E-state index in [4.69, 9.17) is 0 Å². The SMILES string of the molecule is CC(C)C(=O)NCCC(C)(C)C(C)C. The lowest BCUT2D eigenvalue weighted by atomic mass is 9.78. The molecule has 0 aromatic rings. The van der Waals surface area contributed by atoms with Gasteiger partial charge in [-0.1, -0.05) is 41.5 Å². The highest BCUT2D eigenvalue weighted by atomic mass is 16.1. The predicted molar refractivity (Wildman–Crippen MR) is 61.1 cm³/mol. The molecule has 0 unspecified atom stereocenters. The van der Waals surface area contributed by atoms with E-state index in [1.54, 1.807) is 0 Å². The second kappa shape index (κ2) is 5.38. The van der Waals surface area contributed by atoms with Gasteiger partial charge in [-0.25, -0.2) is 0 Å². The molecule has 0 aromatic heterocycles.